The summed E-state index contributed by atoms with van der Waals surface area (Å²) >= 11 is 0. The van der Waals surface area contributed by atoms with Gasteiger partial charge in [0.05, 0.1) is 0 Å². The van der Waals surface area contributed by atoms with Crippen molar-refractivity contribution in [2.24, 2.45) is 11.8 Å². The van der Waals surface area contributed by atoms with Crippen LogP contribution in [0.4, 0.5) is 0 Å². The van der Waals surface area contributed by atoms with Crippen LogP contribution in [0, 0.1) is 18.8 Å². The third-order valence-corrected chi connectivity index (χ3v) is 3.11. The lowest BCUT2D eigenvalue weighted by Crippen LogP contribution is -2.42. The SMILES string of the molecule is Cc1ccc(C(=O)N2CC(C)CC(C)C2)o1. The van der Waals surface area contributed by atoms with Crippen molar-refractivity contribution in [2.75, 3.05) is 13.1 Å². The molecular formula is C13H19NO2. The molecule has 2 unspecified atom stereocenters. The van der Waals surface area contributed by atoms with Crippen molar-refractivity contribution in [1.82, 2.24) is 4.90 Å². The molecule has 3 nitrogen and oxygen atoms in total. The molecular weight excluding hydrogens is 202 g/mol. The van der Waals surface area contributed by atoms with Crippen LogP contribution in [0.3, 0.4) is 0 Å². The van der Waals surface area contributed by atoms with Gasteiger partial charge in [-0.15, -0.1) is 0 Å². The fourth-order valence-electron chi connectivity index (χ4n) is 2.53. The van der Waals surface area contributed by atoms with E-state index in [1.807, 2.05) is 17.9 Å². The number of piperidine rings is 1. The molecule has 16 heavy (non-hydrogen) atoms. The van der Waals surface area contributed by atoms with Gasteiger partial charge < -0.3 is 9.32 Å². The highest BCUT2D eigenvalue weighted by atomic mass is 16.3. The Kier molecular flexibility index (Phi) is 3.03. The summed E-state index contributed by atoms with van der Waals surface area (Å²) in [5, 5.41) is 0. The lowest BCUT2D eigenvalue weighted by Gasteiger charge is -2.34. The zero-order valence-corrected chi connectivity index (χ0v) is 10.2. The largest absolute Gasteiger partial charge is 0.456 e. The Bertz CT molecular complexity index is 373. The number of hydrogen-bond donors (Lipinski definition) is 0. The third-order valence-electron chi connectivity index (χ3n) is 3.11. The smallest absolute Gasteiger partial charge is 0.289 e. The second-order valence-corrected chi connectivity index (χ2v) is 5.07. The minimum atomic E-state index is 0.0338. The minimum absolute atomic E-state index is 0.0338. The molecule has 0 saturated carbocycles. The topological polar surface area (TPSA) is 33.5 Å². The van der Waals surface area contributed by atoms with Crippen LogP contribution in [-0.2, 0) is 0 Å². The van der Waals surface area contributed by atoms with Gasteiger partial charge in [-0.25, -0.2) is 0 Å². The van der Waals surface area contributed by atoms with Crippen LogP contribution in [-0.4, -0.2) is 23.9 Å². The Morgan fingerprint density at radius 1 is 1.31 bits per heavy atom. The first kappa shape index (κ1) is 11.2. The van der Waals surface area contributed by atoms with Gasteiger partial charge in [0.1, 0.15) is 5.76 Å². The van der Waals surface area contributed by atoms with E-state index in [9.17, 15) is 4.79 Å². The molecule has 88 valence electrons. The molecule has 0 aliphatic carbocycles. The first-order chi connectivity index (χ1) is 7.56. The number of furan rings is 1. The van der Waals surface area contributed by atoms with Crippen LogP contribution in [0.2, 0.25) is 0 Å². The monoisotopic (exact) mass is 221 g/mol. The first-order valence-electron chi connectivity index (χ1n) is 5.92. The van der Waals surface area contributed by atoms with Crippen molar-refractivity contribution in [3.05, 3.63) is 23.7 Å². The molecule has 1 aromatic rings. The average Bonchev–Trinajstić information content (AvgIpc) is 2.62. The average molecular weight is 221 g/mol. The van der Waals surface area contributed by atoms with E-state index in [0.717, 1.165) is 18.8 Å². The summed E-state index contributed by atoms with van der Waals surface area (Å²) in [4.78, 5) is 14.1. The summed E-state index contributed by atoms with van der Waals surface area (Å²) in [6, 6.07) is 3.60. The number of amides is 1. The fraction of sp³-hybridized carbons (Fsp3) is 0.615. The number of rotatable bonds is 1. The number of nitrogens with zero attached hydrogens (tertiary/aromatic N) is 1. The van der Waals surface area contributed by atoms with E-state index in [4.69, 9.17) is 4.42 Å². The highest BCUT2D eigenvalue weighted by Gasteiger charge is 2.27. The molecule has 1 fully saturated rings. The number of aryl methyl sites for hydroxylation is 1. The van der Waals surface area contributed by atoms with Gasteiger partial charge in [0.15, 0.2) is 5.76 Å². The van der Waals surface area contributed by atoms with Gasteiger partial charge in [0.2, 0.25) is 0 Å². The van der Waals surface area contributed by atoms with Gasteiger partial charge in [-0.2, -0.15) is 0 Å². The molecule has 1 aliphatic rings. The number of hydrogen-bond acceptors (Lipinski definition) is 2. The highest BCUT2D eigenvalue weighted by Crippen LogP contribution is 2.22. The molecule has 3 heteroatoms. The third kappa shape index (κ3) is 2.29. The maximum Gasteiger partial charge on any atom is 0.289 e. The molecule has 1 aliphatic heterocycles. The van der Waals surface area contributed by atoms with E-state index in [-0.39, 0.29) is 5.91 Å². The Morgan fingerprint density at radius 2 is 1.94 bits per heavy atom. The van der Waals surface area contributed by atoms with Crippen LogP contribution in [0.15, 0.2) is 16.5 Å². The quantitative estimate of drug-likeness (QED) is 0.730. The van der Waals surface area contributed by atoms with Crippen LogP contribution in [0.5, 0.6) is 0 Å². The zero-order valence-electron chi connectivity index (χ0n) is 10.2. The van der Waals surface area contributed by atoms with E-state index in [2.05, 4.69) is 13.8 Å². The maximum absolute atomic E-state index is 12.1. The zero-order chi connectivity index (χ0) is 11.7. The standard InChI is InChI=1S/C13H19NO2/c1-9-6-10(2)8-14(7-9)13(15)12-5-4-11(3)16-12/h4-5,9-10H,6-8H2,1-3H3. The molecule has 0 N–H and O–H groups in total. The maximum atomic E-state index is 12.1. The lowest BCUT2D eigenvalue weighted by atomic mass is 9.92. The van der Waals surface area contributed by atoms with Gasteiger partial charge in [0.25, 0.3) is 5.91 Å². The van der Waals surface area contributed by atoms with Crippen molar-refractivity contribution in [2.45, 2.75) is 27.2 Å². The molecule has 0 aromatic carbocycles. The Morgan fingerprint density at radius 3 is 2.44 bits per heavy atom. The minimum Gasteiger partial charge on any atom is -0.456 e. The van der Waals surface area contributed by atoms with Gasteiger partial charge in [-0.05, 0) is 37.3 Å². The van der Waals surface area contributed by atoms with Crippen LogP contribution in [0.1, 0.15) is 36.6 Å². The molecule has 2 atom stereocenters. The van der Waals surface area contributed by atoms with Crippen molar-refractivity contribution in [3.63, 3.8) is 0 Å². The number of carbonyl (C=O) groups excluding carboxylic acids is 1. The second kappa shape index (κ2) is 4.32. The number of carbonyl (C=O) groups is 1. The second-order valence-electron chi connectivity index (χ2n) is 5.07. The van der Waals surface area contributed by atoms with Crippen molar-refractivity contribution >= 4 is 5.91 Å². The molecule has 1 aromatic heterocycles. The molecule has 0 bridgehead atoms. The Labute approximate surface area is 96.4 Å². The normalized spacial score (nSPS) is 25.8. The lowest BCUT2D eigenvalue weighted by molar-refractivity contribution is 0.0590. The predicted molar refractivity (Wildman–Crippen MR) is 62.3 cm³/mol. The van der Waals surface area contributed by atoms with E-state index in [1.54, 1.807) is 6.07 Å². The van der Waals surface area contributed by atoms with Crippen LogP contribution < -0.4 is 0 Å². The molecule has 2 heterocycles. The van der Waals surface area contributed by atoms with Gasteiger partial charge in [-0.3, -0.25) is 4.79 Å². The van der Waals surface area contributed by atoms with Crippen LogP contribution in [0.25, 0.3) is 0 Å². The summed E-state index contributed by atoms with van der Waals surface area (Å²) < 4.78 is 5.38. The number of likely N-dealkylation sites (tertiary alicyclic amines) is 1. The molecule has 1 saturated heterocycles. The summed E-state index contributed by atoms with van der Waals surface area (Å²) in [6.45, 7) is 7.96. The van der Waals surface area contributed by atoms with Crippen LogP contribution >= 0.6 is 0 Å². The van der Waals surface area contributed by atoms with Gasteiger partial charge in [-0.1, -0.05) is 13.8 Å². The fourth-order valence-corrected chi connectivity index (χ4v) is 2.53. The predicted octanol–water partition coefficient (Wildman–Crippen LogP) is 2.71. The molecule has 1 amide bonds. The van der Waals surface area contributed by atoms with Gasteiger partial charge >= 0.3 is 0 Å². The van der Waals surface area contributed by atoms with Crippen molar-refractivity contribution < 1.29 is 9.21 Å². The summed E-state index contributed by atoms with van der Waals surface area (Å²) in [5.74, 6) is 2.47. The Balaban J connectivity index is 2.09. The summed E-state index contributed by atoms with van der Waals surface area (Å²) in [5.41, 5.74) is 0. The molecule has 2 rings (SSSR count). The molecule has 0 radical (unpaired) electrons. The van der Waals surface area contributed by atoms with E-state index >= 15 is 0 Å². The summed E-state index contributed by atoms with van der Waals surface area (Å²) in [7, 11) is 0. The Hall–Kier alpha value is -1.25. The first-order valence-corrected chi connectivity index (χ1v) is 5.92. The van der Waals surface area contributed by atoms with E-state index in [0.29, 0.717) is 17.6 Å². The molecule has 0 spiro atoms. The van der Waals surface area contributed by atoms with Crippen molar-refractivity contribution in [1.29, 1.82) is 0 Å². The highest BCUT2D eigenvalue weighted by molar-refractivity contribution is 5.91. The van der Waals surface area contributed by atoms with E-state index < -0.39 is 0 Å². The van der Waals surface area contributed by atoms with E-state index in [1.165, 1.54) is 6.42 Å². The summed E-state index contributed by atoms with van der Waals surface area (Å²) in [6.07, 6.45) is 1.21. The van der Waals surface area contributed by atoms with Crippen molar-refractivity contribution in [3.8, 4) is 0 Å². The van der Waals surface area contributed by atoms with Gasteiger partial charge in [0, 0.05) is 13.1 Å².